The minimum atomic E-state index is -5.06. The molecule has 7 rings (SSSR count). The molecule has 0 aliphatic carbocycles. The predicted octanol–water partition coefficient (Wildman–Crippen LogP) is 0.533. The Labute approximate surface area is 238 Å². The maximum absolute atomic E-state index is 14.7. The number of ether oxygens (including phenoxy) is 2. The number of aliphatic hydroxyl groups excluding tert-OH is 1. The molecule has 230 valence electrons. The van der Waals surface area contributed by atoms with Gasteiger partial charge in [-0.1, -0.05) is 0 Å². The Morgan fingerprint density at radius 1 is 1.02 bits per heavy atom. The monoisotopic (exact) mass is 645 g/mol. The summed E-state index contributed by atoms with van der Waals surface area (Å²) in [4.78, 5) is 52.1. The largest absolute Gasteiger partial charge is 0.474 e. The van der Waals surface area contributed by atoms with Gasteiger partial charge in [-0.2, -0.15) is 0 Å². The van der Waals surface area contributed by atoms with Gasteiger partial charge >= 0.3 is 15.6 Å². The second kappa shape index (κ2) is 10.3. The quantitative estimate of drug-likeness (QED) is 0.217. The van der Waals surface area contributed by atoms with Crippen molar-refractivity contribution >= 4 is 37.8 Å². The van der Waals surface area contributed by atoms with Crippen molar-refractivity contribution in [1.82, 2.24) is 34.1 Å². The Balaban J connectivity index is 1.20. The molecule has 3 saturated heterocycles. The van der Waals surface area contributed by atoms with Crippen molar-refractivity contribution in [1.29, 1.82) is 0 Å². The maximum Gasteiger partial charge on any atom is 0.474 e. The molecule has 4 N–H and O–H groups in total. The van der Waals surface area contributed by atoms with E-state index in [-0.39, 0.29) is 12.1 Å². The number of halogens is 1. The fourth-order valence-electron chi connectivity index (χ4n) is 5.28. The molecular formula is C21H22FN7O12P2. The van der Waals surface area contributed by atoms with Gasteiger partial charge in [-0.3, -0.25) is 32.0 Å². The van der Waals surface area contributed by atoms with Crippen LogP contribution in [0.2, 0.25) is 0 Å². The number of fused-ring (bicyclic) bond motifs is 5. The summed E-state index contributed by atoms with van der Waals surface area (Å²) < 4.78 is 75.7. The first-order valence-electron chi connectivity index (χ1n) is 12.6. The van der Waals surface area contributed by atoms with Gasteiger partial charge in [0.2, 0.25) is 0 Å². The van der Waals surface area contributed by atoms with Gasteiger partial charge in [0.25, 0.3) is 5.56 Å². The molecule has 19 nitrogen and oxygen atoms in total. The van der Waals surface area contributed by atoms with Gasteiger partial charge in [-0.25, -0.2) is 33.5 Å². The molecule has 0 radical (unpaired) electrons. The molecule has 0 amide bonds. The van der Waals surface area contributed by atoms with Gasteiger partial charge < -0.3 is 29.4 Å². The summed E-state index contributed by atoms with van der Waals surface area (Å²) in [7, 11) is -10.1. The van der Waals surface area contributed by atoms with Crippen LogP contribution in [0.1, 0.15) is 24.6 Å². The smallest absolute Gasteiger partial charge is 0.385 e. The van der Waals surface area contributed by atoms with Crippen LogP contribution in [0.15, 0.2) is 30.0 Å². The highest BCUT2D eigenvalue weighted by atomic mass is 31.2. The number of aliphatic hydroxyl groups is 1. The molecule has 0 spiro atoms. The second-order valence-electron chi connectivity index (χ2n) is 9.90. The van der Waals surface area contributed by atoms with Crippen LogP contribution in [0.5, 0.6) is 0 Å². The number of hydrogen-bond donors (Lipinski definition) is 4. The van der Waals surface area contributed by atoms with E-state index < -0.39 is 82.2 Å². The van der Waals surface area contributed by atoms with Crippen LogP contribution in [0, 0.1) is 12.7 Å². The minimum Gasteiger partial charge on any atom is -0.385 e. The highest BCUT2D eigenvalue weighted by molar-refractivity contribution is 7.47. The molecule has 9 atom stereocenters. The molecule has 4 aromatic rings. The molecule has 3 fully saturated rings. The predicted molar refractivity (Wildman–Crippen MR) is 135 cm³/mol. The normalized spacial score (nSPS) is 36.9. The molecule has 0 saturated carbocycles. The van der Waals surface area contributed by atoms with Crippen molar-refractivity contribution in [2.75, 3.05) is 6.61 Å². The molecule has 43 heavy (non-hydrogen) atoms. The first-order valence-corrected chi connectivity index (χ1v) is 15.6. The number of phosphoric ester groups is 2. The third-order valence-corrected chi connectivity index (χ3v) is 9.20. The summed E-state index contributed by atoms with van der Waals surface area (Å²) >= 11 is 0. The lowest BCUT2D eigenvalue weighted by Gasteiger charge is -2.27. The highest BCUT2D eigenvalue weighted by Crippen LogP contribution is 2.56. The standard InChI is InChI=1S/C21H22FN7O12P2/c1-8-14-18(25-5-23-8)29(7-27-14)12-2-10-11(37-12)4-36-42(32,33)40-16-15(30)21(41-43(34,35)39-10)38-20(16)28-3-9(22)13-17(28)24-6-26-19(13)31/h3,5-7,10-12,15-16,20-21,30H,2,4H2,1H3,(H,32,33)(H,34,35)(H,24,26,31)/t10-,11+,12+,15-,16+,20+,21+/m0/s1. The molecule has 3 aliphatic rings. The summed E-state index contributed by atoms with van der Waals surface area (Å²) in [6, 6.07) is 0. The van der Waals surface area contributed by atoms with E-state index in [1.54, 1.807) is 6.92 Å². The van der Waals surface area contributed by atoms with Crippen LogP contribution in [0.25, 0.3) is 22.2 Å². The minimum absolute atomic E-state index is 0.0821. The SMILES string of the molecule is Cc1ncnc2c1ncn2[C@H]1C[C@@H]2OP(=O)(O)O[C@H]3O[C@@H](n4cc(F)c5c(=O)[nH]cnc54)[C@H](OP(=O)(O)OC[C@H]2O1)[C@@H]3O. The molecule has 4 aromatic heterocycles. The number of nitrogens with one attached hydrogen (secondary N) is 1. The third-order valence-electron chi connectivity index (χ3n) is 7.21. The van der Waals surface area contributed by atoms with E-state index in [1.165, 1.54) is 17.2 Å². The van der Waals surface area contributed by atoms with Crippen molar-refractivity contribution < 1.29 is 56.0 Å². The number of nitrogens with zero attached hydrogens (tertiary/aromatic N) is 6. The van der Waals surface area contributed by atoms with Crippen LogP contribution in [-0.2, 0) is 36.7 Å². The van der Waals surface area contributed by atoms with Gasteiger partial charge in [-0.05, 0) is 6.92 Å². The molecule has 2 bridgehead atoms. The molecule has 0 aromatic carbocycles. The lowest BCUT2D eigenvalue weighted by Crippen LogP contribution is -2.36. The number of phosphoric acid groups is 2. The fourth-order valence-corrected chi connectivity index (χ4v) is 7.26. The van der Waals surface area contributed by atoms with Crippen LogP contribution < -0.4 is 5.56 Å². The van der Waals surface area contributed by atoms with Crippen LogP contribution in [0.4, 0.5) is 4.39 Å². The van der Waals surface area contributed by atoms with Crippen molar-refractivity contribution in [3.63, 3.8) is 0 Å². The first kappa shape index (κ1) is 28.8. The molecule has 3 aliphatic heterocycles. The summed E-state index contributed by atoms with van der Waals surface area (Å²) in [6.07, 6.45) is -6.43. The maximum atomic E-state index is 14.7. The number of rotatable bonds is 2. The van der Waals surface area contributed by atoms with Crippen molar-refractivity contribution in [3.05, 3.63) is 47.0 Å². The van der Waals surface area contributed by atoms with Crippen LogP contribution in [-0.4, -0.2) is 86.3 Å². The molecule has 2 unspecified atom stereocenters. The Kier molecular flexibility index (Phi) is 6.88. The van der Waals surface area contributed by atoms with Gasteiger partial charge in [0.15, 0.2) is 29.6 Å². The lowest BCUT2D eigenvalue weighted by molar-refractivity contribution is -0.139. The number of aromatic nitrogens is 7. The van der Waals surface area contributed by atoms with Gasteiger partial charge in [-0.15, -0.1) is 0 Å². The lowest BCUT2D eigenvalue weighted by atomic mass is 10.2. The van der Waals surface area contributed by atoms with E-state index in [2.05, 4.69) is 24.9 Å². The zero-order valence-corrected chi connectivity index (χ0v) is 23.5. The average molecular weight is 645 g/mol. The molecular weight excluding hydrogens is 623 g/mol. The van der Waals surface area contributed by atoms with E-state index in [1.807, 2.05) is 0 Å². The molecule has 7 heterocycles. The van der Waals surface area contributed by atoms with Gasteiger partial charge in [0.05, 0.1) is 25.0 Å². The Morgan fingerprint density at radius 2 is 1.84 bits per heavy atom. The van der Waals surface area contributed by atoms with E-state index in [0.29, 0.717) is 16.9 Å². The number of aryl methyl sites for hydroxylation is 1. The third kappa shape index (κ3) is 5.03. The van der Waals surface area contributed by atoms with E-state index >= 15 is 0 Å². The topological polar surface area (TPSA) is 244 Å². The highest BCUT2D eigenvalue weighted by Gasteiger charge is 2.54. The van der Waals surface area contributed by atoms with E-state index in [9.17, 15) is 33.2 Å². The Morgan fingerprint density at radius 3 is 2.65 bits per heavy atom. The van der Waals surface area contributed by atoms with Crippen molar-refractivity contribution in [3.8, 4) is 0 Å². The number of hydrogen-bond acceptors (Lipinski definition) is 14. The first-order chi connectivity index (χ1) is 20.4. The summed E-state index contributed by atoms with van der Waals surface area (Å²) in [5, 5.41) is 10.4. The summed E-state index contributed by atoms with van der Waals surface area (Å²) in [6.45, 7) is 1.06. The Bertz CT molecular complexity index is 1880. The summed E-state index contributed by atoms with van der Waals surface area (Å²) in [5.41, 5.74) is 0.378. The average Bonchev–Trinajstić information content (AvgIpc) is 3.69. The van der Waals surface area contributed by atoms with E-state index in [0.717, 1.165) is 17.1 Å². The zero-order chi connectivity index (χ0) is 30.3. The van der Waals surface area contributed by atoms with Crippen LogP contribution in [0.3, 0.4) is 0 Å². The fraction of sp³-hybridized carbons (Fsp3) is 0.476. The molecule has 22 heteroatoms. The second-order valence-corrected chi connectivity index (χ2v) is 12.7. The zero-order valence-electron chi connectivity index (χ0n) is 21.7. The number of H-pyrrole nitrogens is 1. The van der Waals surface area contributed by atoms with Gasteiger partial charge in [0, 0.05) is 12.6 Å². The van der Waals surface area contributed by atoms with Gasteiger partial charge in [0.1, 0.15) is 47.9 Å². The number of aromatic amines is 1. The van der Waals surface area contributed by atoms with Crippen LogP contribution >= 0.6 is 15.6 Å². The summed E-state index contributed by atoms with van der Waals surface area (Å²) in [5.74, 6) is -1.03. The Hall–Kier alpha value is -3.00. The van der Waals surface area contributed by atoms with Crippen molar-refractivity contribution in [2.24, 2.45) is 0 Å². The van der Waals surface area contributed by atoms with Crippen molar-refractivity contribution in [2.45, 2.75) is 56.5 Å². The number of imidazole rings is 1. The van der Waals surface area contributed by atoms with E-state index in [4.69, 9.17) is 27.6 Å².